The monoisotopic (exact) mass is 440 g/mol. The summed E-state index contributed by atoms with van der Waals surface area (Å²) in [7, 11) is -2.14. The van der Waals surface area contributed by atoms with E-state index in [0.717, 1.165) is 5.39 Å². The van der Waals surface area contributed by atoms with Gasteiger partial charge in [-0.05, 0) is 32.0 Å². The number of anilines is 1. The molecule has 1 N–H and O–H groups in total. The molecule has 0 bridgehead atoms. The van der Waals surface area contributed by atoms with Crippen molar-refractivity contribution in [3.8, 4) is 5.82 Å². The second-order valence-corrected chi connectivity index (χ2v) is 8.43. The smallest absolute Gasteiger partial charge is 0.341 e. The van der Waals surface area contributed by atoms with Gasteiger partial charge in [0.25, 0.3) is 10.0 Å². The van der Waals surface area contributed by atoms with Crippen LogP contribution in [-0.4, -0.2) is 45.5 Å². The molecule has 3 heterocycles. The molecule has 0 saturated heterocycles. The van der Waals surface area contributed by atoms with E-state index in [9.17, 15) is 13.2 Å². The molecule has 0 fully saturated rings. The molecule has 0 aliphatic rings. The van der Waals surface area contributed by atoms with E-state index in [1.165, 1.54) is 29.2 Å². The number of nitrogens with zero attached hydrogens (tertiary/aromatic N) is 5. The van der Waals surface area contributed by atoms with Crippen LogP contribution in [0.3, 0.4) is 0 Å². The molecule has 0 aliphatic heterocycles. The topological polar surface area (TPSA) is 121 Å². The minimum absolute atomic E-state index is 0.00848. The third kappa shape index (κ3) is 3.75. The van der Waals surface area contributed by atoms with Crippen molar-refractivity contribution in [1.29, 1.82) is 0 Å². The first-order chi connectivity index (χ1) is 14.8. The fourth-order valence-corrected chi connectivity index (χ4v) is 4.24. The Bertz CT molecular complexity index is 1370. The molecule has 10 nitrogen and oxygen atoms in total. The fraction of sp³-hybridized carbons (Fsp3) is 0.200. The van der Waals surface area contributed by atoms with Gasteiger partial charge in [0, 0.05) is 18.6 Å². The van der Waals surface area contributed by atoms with E-state index >= 15 is 0 Å². The summed E-state index contributed by atoms with van der Waals surface area (Å²) >= 11 is 0. The molecule has 1 aromatic carbocycles. The zero-order chi connectivity index (χ0) is 22.2. The number of aryl methyl sites for hydroxylation is 1. The van der Waals surface area contributed by atoms with E-state index in [2.05, 4.69) is 19.9 Å². The molecular weight excluding hydrogens is 420 g/mol. The largest absolute Gasteiger partial charge is 0.462 e. The summed E-state index contributed by atoms with van der Waals surface area (Å²) in [4.78, 5) is 16.2. The maximum atomic E-state index is 12.9. The molecule has 3 aromatic heterocycles. The van der Waals surface area contributed by atoms with Gasteiger partial charge in [0.2, 0.25) is 0 Å². The van der Waals surface area contributed by atoms with Gasteiger partial charge in [-0.1, -0.05) is 12.1 Å². The Morgan fingerprint density at radius 3 is 2.65 bits per heavy atom. The van der Waals surface area contributed by atoms with Gasteiger partial charge in [0.15, 0.2) is 5.82 Å². The Morgan fingerprint density at radius 1 is 1.13 bits per heavy atom. The summed E-state index contributed by atoms with van der Waals surface area (Å²) in [5, 5.41) is 9.15. The van der Waals surface area contributed by atoms with Crippen molar-refractivity contribution in [3.63, 3.8) is 0 Å². The number of fused-ring (bicyclic) bond motifs is 1. The quantitative estimate of drug-likeness (QED) is 0.457. The standard InChI is InChI=1S/C20H20N6O4S/c1-4-30-20(27)16-12-23-26(13(16)2)18-9-8-15(11-21-18)31(28,29)24-17-7-5-6-14-10-22-25(3)19(14)17/h5-12,24H,4H2,1-3H3. The first-order valence-corrected chi connectivity index (χ1v) is 10.9. The number of nitrogens with one attached hydrogen (secondary N) is 1. The molecule has 0 spiro atoms. The number of rotatable bonds is 6. The number of carbonyl (C=O) groups excluding carboxylic acids is 1. The van der Waals surface area contributed by atoms with Crippen molar-refractivity contribution in [2.75, 3.05) is 11.3 Å². The third-order valence-electron chi connectivity index (χ3n) is 4.76. The summed E-state index contributed by atoms with van der Waals surface area (Å²) in [5.41, 5.74) is 1.96. The highest BCUT2D eigenvalue weighted by Gasteiger charge is 2.20. The average molecular weight is 440 g/mol. The van der Waals surface area contributed by atoms with Crippen LogP contribution in [0.5, 0.6) is 0 Å². The van der Waals surface area contributed by atoms with Gasteiger partial charge in [-0.25, -0.2) is 22.9 Å². The first kappa shape index (κ1) is 20.5. The van der Waals surface area contributed by atoms with Crippen LogP contribution in [0.1, 0.15) is 23.0 Å². The zero-order valence-electron chi connectivity index (χ0n) is 17.1. The molecule has 31 heavy (non-hydrogen) atoms. The van der Waals surface area contributed by atoms with Gasteiger partial charge in [-0.3, -0.25) is 9.40 Å². The molecule has 0 amide bonds. The lowest BCUT2D eigenvalue weighted by atomic mass is 10.2. The van der Waals surface area contributed by atoms with Crippen LogP contribution < -0.4 is 4.72 Å². The van der Waals surface area contributed by atoms with Crippen molar-refractivity contribution in [1.82, 2.24) is 24.5 Å². The number of esters is 1. The normalized spacial score (nSPS) is 11.6. The van der Waals surface area contributed by atoms with Gasteiger partial charge >= 0.3 is 5.97 Å². The van der Waals surface area contributed by atoms with E-state index in [0.29, 0.717) is 28.3 Å². The van der Waals surface area contributed by atoms with Gasteiger partial charge in [0.1, 0.15) is 10.5 Å². The number of ether oxygens (including phenoxy) is 1. The second-order valence-electron chi connectivity index (χ2n) is 6.75. The summed E-state index contributed by atoms with van der Waals surface area (Å²) in [6, 6.07) is 8.24. The second kappa shape index (κ2) is 7.84. The first-order valence-electron chi connectivity index (χ1n) is 9.43. The van der Waals surface area contributed by atoms with Crippen molar-refractivity contribution in [3.05, 3.63) is 60.2 Å². The third-order valence-corrected chi connectivity index (χ3v) is 6.11. The van der Waals surface area contributed by atoms with Crippen LogP contribution in [0.25, 0.3) is 16.7 Å². The Labute approximate surface area is 178 Å². The van der Waals surface area contributed by atoms with Gasteiger partial charge in [-0.2, -0.15) is 10.2 Å². The fourth-order valence-electron chi connectivity index (χ4n) is 3.23. The highest BCUT2D eigenvalue weighted by Crippen LogP contribution is 2.25. The maximum Gasteiger partial charge on any atom is 0.341 e. The van der Waals surface area contributed by atoms with Crippen LogP contribution in [0.2, 0.25) is 0 Å². The predicted octanol–water partition coefficient (Wildman–Crippen LogP) is 2.44. The molecule has 0 saturated carbocycles. The number of sulfonamides is 1. The Hall–Kier alpha value is -3.73. The van der Waals surface area contributed by atoms with Crippen molar-refractivity contribution >= 4 is 32.6 Å². The van der Waals surface area contributed by atoms with E-state index < -0.39 is 16.0 Å². The maximum absolute atomic E-state index is 12.9. The number of benzene rings is 1. The molecule has 4 aromatic rings. The number of para-hydroxylation sites is 1. The van der Waals surface area contributed by atoms with Crippen molar-refractivity contribution < 1.29 is 17.9 Å². The Morgan fingerprint density at radius 2 is 1.94 bits per heavy atom. The molecule has 4 rings (SSSR count). The average Bonchev–Trinajstić information content (AvgIpc) is 3.31. The molecule has 0 aliphatic carbocycles. The Kier molecular flexibility index (Phi) is 5.19. The number of hydrogen-bond acceptors (Lipinski definition) is 7. The lowest BCUT2D eigenvalue weighted by molar-refractivity contribution is 0.0525. The summed E-state index contributed by atoms with van der Waals surface area (Å²) in [5.74, 6) is -0.0975. The number of pyridine rings is 1. The van der Waals surface area contributed by atoms with Gasteiger partial charge in [0.05, 0.1) is 35.9 Å². The minimum Gasteiger partial charge on any atom is -0.462 e. The molecular formula is C20H20N6O4S. The summed E-state index contributed by atoms with van der Waals surface area (Å²) in [6.45, 7) is 3.69. The SMILES string of the molecule is CCOC(=O)c1cnn(-c2ccc(S(=O)(=O)Nc3cccc4cnn(C)c34)cn2)c1C. The lowest BCUT2D eigenvalue weighted by Gasteiger charge is -2.11. The summed E-state index contributed by atoms with van der Waals surface area (Å²) < 4.78 is 36.4. The van der Waals surface area contributed by atoms with Gasteiger partial charge < -0.3 is 4.74 Å². The van der Waals surface area contributed by atoms with E-state index in [-0.39, 0.29) is 11.5 Å². The molecule has 0 atom stereocenters. The highest BCUT2D eigenvalue weighted by molar-refractivity contribution is 7.92. The minimum atomic E-state index is -3.88. The molecule has 160 valence electrons. The van der Waals surface area contributed by atoms with E-state index in [1.807, 2.05) is 6.07 Å². The Balaban J connectivity index is 1.62. The van der Waals surface area contributed by atoms with Crippen molar-refractivity contribution in [2.24, 2.45) is 7.05 Å². The van der Waals surface area contributed by atoms with Crippen LogP contribution in [-0.2, 0) is 21.8 Å². The summed E-state index contributed by atoms with van der Waals surface area (Å²) in [6.07, 6.45) is 4.31. The number of hydrogen-bond donors (Lipinski definition) is 1. The molecule has 0 unspecified atom stereocenters. The zero-order valence-corrected chi connectivity index (χ0v) is 17.9. The van der Waals surface area contributed by atoms with Crippen LogP contribution >= 0.6 is 0 Å². The molecule has 0 radical (unpaired) electrons. The molecule has 11 heteroatoms. The van der Waals surface area contributed by atoms with Gasteiger partial charge in [-0.15, -0.1) is 0 Å². The number of aromatic nitrogens is 5. The lowest BCUT2D eigenvalue weighted by Crippen LogP contribution is -2.14. The van der Waals surface area contributed by atoms with E-state index in [4.69, 9.17) is 4.74 Å². The van der Waals surface area contributed by atoms with E-state index in [1.54, 1.807) is 43.9 Å². The predicted molar refractivity (Wildman–Crippen MR) is 114 cm³/mol. The number of carbonyl (C=O) groups is 1. The van der Waals surface area contributed by atoms with Crippen LogP contribution in [0.15, 0.2) is 53.8 Å². The van der Waals surface area contributed by atoms with Crippen LogP contribution in [0.4, 0.5) is 5.69 Å². The van der Waals surface area contributed by atoms with Crippen molar-refractivity contribution in [2.45, 2.75) is 18.7 Å². The van der Waals surface area contributed by atoms with Crippen LogP contribution in [0, 0.1) is 6.92 Å². The highest BCUT2D eigenvalue weighted by atomic mass is 32.2.